The van der Waals surface area contributed by atoms with E-state index in [4.69, 9.17) is 0 Å². The first-order chi connectivity index (χ1) is 14.3. The van der Waals surface area contributed by atoms with Crippen LogP contribution >= 0.6 is 0 Å². The van der Waals surface area contributed by atoms with Crippen molar-refractivity contribution in [2.45, 2.75) is 24.3 Å². The third-order valence-corrected chi connectivity index (χ3v) is 6.27. The first kappa shape index (κ1) is 21.6. The molecule has 0 bridgehead atoms. The highest BCUT2D eigenvalue weighted by Gasteiger charge is 2.29. The molecule has 1 aliphatic heterocycles. The number of nitro groups is 1. The molecular weight excluding hydrogens is 422 g/mol. The average molecular weight is 440 g/mol. The molecule has 12 heteroatoms. The van der Waals surface area contributed by atoms with Gasteiger partial charge >= 0.3 is 6.61 Å². The summed E-state index contributed by atoms with van der Waals surface area (Å²) >= 11 is 0. The van der Waals surface area contributed by atoms with E-state index in [0.717, 1.165) is 18.9 Å². The van der Waals surface area contributed by atoms with E-state index in [1.54, 1.807) is 0 Å². The lowest BCUT2D eigenvalue weighted by atomic mass is 10.2. The van der Waals surface area contributed by atoms with Crippen LogP contribution in [0, 0.1) is 10.1 Å². The summed E-state index contributed by atoms with van der Waals surface area (Å²) < 4.78 is 55.1. The molecule has 1 fully saturated rings. The molecule has 1 aliphatic rings. The number of hydrazone groups is 1. The van der Waals surface area contributed by atoms with Crippen molar-refractivity contribution in [1.29, 1.82) is 0 Å². The lowest BCUT2D eigenvalue weighted by Gasteiger charge is -2.15. The Bertz CT molecular complexity index is 1040. The van der Waals surface area contributed by atoms with Gasteiger partial charge in [0.1, 0.15) is 11.4 Å². The zero-order chi connectivity index (χ0) is 21.7. The summed E-state index contributed by atoms with van der Waals surface area (Å²) in [5.41, 5.74) is 2.61. The summed E-state index contributed by atoms with van der Waals surface area (Å²) in [5.74, 6) is -0.0134. The highest BCUT2D eigenvalue weighted by molar-refractivity contribution is 7.89. The topological polar surface area (TPSA) is 114 Å². The van der Waals surface area contributed by atoms with E-state index >= 15 is 0 Å². The summed E-state index contributed by atoms with van der Waals surface area (Å²) in [7, 11) is -3.79. The molecule has 0 amide bonds. The Labute approximate surface area is 171 Å². The van der Waals surface area contributed by atoms with Crippen LogP contribution in [0.25, 0.3) is 0 Å². The second-order valence-electron chi connectivity index (χ2n) is 6.36. The standard InChI is InChI=1S/C18H18F2N4O5S/c19-18(20)29-14-5-3-13(4-6-14)12-21-22-16-8-7-15(11-17(16)24(25)26)30(27,28)23-9-1-2-10-23/h3-8,11-12,18,22H,1-2,9-10H2. The average Bonchev–Trinajstić information content (AvgIpc) is 3.24. The molecule has 1 saturated heterocycles. The van der Waals surface area contributed by atoms with Crippen molar-refractivity contribution >= 4 is 27.6 Å². The van der Waals surface area contributed by atoms with Crippen molar-refractivity contribution in [1.82, 2.24) is 4.31 Å². The van der Waals surface area contributed by atoms with Gasteiger partial charge in [-0.25, -0.2) is 8.42 Å². The van der Waals surface area contributed by atoms with Gasteiger partial charge in [-0.3, -0.25) is 15.5 Å². The van der Waals surface area contributed by atoms with Crippen LogP contribution in [0.5, 0.6) is 5.75 Å². The fourth-order valence-electron chi connectivity index (χ4n) is 2.91. The van der Waals surface area contributed by atoms with Crippen molar-refractivity contribution in [3.8, 4) is 5.75 Å². The van der Waals surface area contributed by atoms with Gasteiger partial charge in [-0.1, -0.05) is 0 Å². The second-order valence-corrected chi connectivity index (χ2v) is 8.30. The van der Waals surface area contributed by atoms with E-state index in [1.165, 1.54) is 46.9 Å². The van der Waals surface area contributed by atoms with Crippen molar-refractivity contribution < 1.29 is 26.9 Å². The largest absolute Gasteiger partial charge is 0.435 e. The number of rotatable bonds is 8. The van der Waals surface area contributed by atoms with Gasteiger partial charge in [0.25, 0.3) is 5.69 Å². The number of sulfonamides is 1. The van der Waals surface area contributed by atoms with E-state index in [0.29, 0.717) is 18.7 Å². The molecule has 30 heavy (non-hydrogen) atoms. The van der Waals surface area contributed by atoms with Crippen LogP contribution in [0.4, 0.5) is 20.2 Å². The van der Waals surface area contributed by atoms with Gasteiger partial charge < -0.3 is 4.74 Å². The third kappa shape index (κ3) is 5.07. The molecule has 1 N–H and O–H groups in total. The third-order valence-electron chi connectivity index (χ3n) is 4.37. The predicted octanol–water partition coefficient (Wildman–Crippen LogP) is 3.43. The fourth-order valence-corrected chi connectivity index (χ4v) is 4.44. The SMILES string of the molecule is O=[N+]([O-])c1cc(S(=O)(=O)N2CCCC2)ccc1NN=Cc1ccc(OC(F)F)cc1. The van der Waals surface area contributed by atoms with Crippen molar-refractivity contribution in [2.75, 3.05) is 18.5 Å². The van der Waals surface area contributed by atoms with E-state index in [9.17, 15) is 27.3 Å². The molecule has 160 valence electrons. The fraction of sp³-hybridized carbons (Fsp3) is 0.278. The van der Waals surface area contributed by atoms with Gasteiger partial charge in [-0.2, -0.15) is 18.2 Å². The van der Waals surface area contributed by atoms with Crippen LogP contribution in [-0.4, -0.2) is 43.6 Å². The molecule has 0 spiro atoms. The molecule has 0 radical (unpaired) electrons. The smallest absolute Gasteiger partial charge is 0.387 e. The number of hydrogen-bond donors (Lipinski definition) is 1. The second kappa shape index (κ2) is 9.13. The van der Waals surface area contributed by atoms with Gasteiger partial charge in [0, 0.05) is 19.2 Å². The molecule has 0 unspecified atom stereocenters. The minimum Gasteiger partial charge on any atom is -0.435 e. The van der Waals surface area contributed by atoms with Crippen LogP contribution in [0.15, 0.2) is 52.5 Å². The van der Waals surface area contributed by atoms with E-state index in [2.05, 4.69) is 15.3 Å². The van der Waals surface area contributed by atoms with Gasteiger partial charge in [0.2, 0.25) is 10.0 Å². The Morgan fingerprint density at radius 3 is 2.43 bits per heavy atom. The molecule has 0 aromatic heterocycles. The normalized spacial score (nSPS) is 15.0. The number of nitrogens with zero attached hydrogens (tertiary/aromatic N) is 3. The summed E-state index contributed by atoms with van der Waals surface area (Å²) in [5, 5.41) is 15.3. The molecule has 3 rings (SSSR count). The summed E-state index contributed by atoms with van der Waals surface area (Å²) in [4.78, 5) is 10.6. The van der Waals surface area contributed by atoms with Crippen molar-refractivity contribution in [3.05, 3.63) is 58.1 Å². The Kier molecular flexibility index (Phi) is 6.57. The van der Waals surface area contributed by atoms with Crippen molar-refractivity contribution in [2.24, 2.45) is 5.10 Å². The van der Waals surface area contributed by atoms with Crippen LogP contribution in [0.2, 0.25) is 0 Å². The van der Waals surface area contributed by atoms with E-state index < -0.39 is 27.2 Å². The molecule has 0 aliphatic carbocycles. The molecule has 9 nitrogen and oxygen atoms in total. The summed E-state index contributed by atoms with van der Waals surface area (Å²) in [6.45, 7) is -2.15. The first-order valence-corrected chi connectivity index (χ1v) is 10.3. The number of nitrogens with one attached hydrogen (secondary N) is 1. The highest BCUT2D eigenvalue weighted by atomic mass is 32.2. The number of ether oxygens (including phenoxy) is 1. The summed E-state index contributed by atoms with van der Waals surface area (Å²) in [6, 6.07) is 9.17. The minimum atomic E-state index is -3.79. The van der Waals surface area contributed by atoms with Gasteiger partial charge in [0.15, 0.2) is 0 Å². The van der Waals surface area contributed by atoms with Crippen LogP contribution in [0.3, 0.4) is 0 Å². The summed E-state index contributed by atoms with van der Waals surface area (Å²) in [6.07, 6.45) is 2.83. The number of benzene rings is 2. The van der Waals surface area contributed by atoms with Gasteiger partial charge in [-0.05, 0) is 54.8 Å². The Hall–Kier alpha value is -3.12. The Balaban J connectivity index is 1.76. The predicted molar refractivity (Wildman–Crippen MR) is 105 cm³/mol. The Morgan fingerprint density at radius 1 is 1.17 bits per heavy atom. The molecule has 0 atom stereocenters. The van der Waals surface area contributed by atoms with E-state index in [-0.39, 0.29) is 16.3 Å². The maximum atomic E-state index is 12.6. The monoisotopic (exact) mass is 440 g/mol. The highest BCUT2D eigenvalue weighted by Crippen LogP contribution is 2.30. The lowest BCUT2D eigenvalue weighted by Crippen LogP contribution is -2.27. The maximum Gasteiger partial charge on any atom is 0.387 e. The van der Waals surface area contributed by atoms with Crippen LogP contribution < -0.4 is 10.2 Å². The first-order valence-electron chi connectivity index (χ1n) is 8.90. The van der Waals surface area contributed by atoms with Crippen LogP contribution in [-0.2, 0) is 10.0 Å². The van der Waals surface area contributed by atoms with Gasteiger partial charge in [-0.15, -0.1) is 0 Å². The molecule has 0 saturated carbocycles. The minimum absolute atomic E-state index is 0.00859. The van der Waals surface area contributed by atoms with Gasteiger partial charge in [0.05, 0.1) is 16.0 Å². The zero-order valence-corrected chi connectivity index (χ0v) is 16.4. The molecular formula is C18H18F2N4O5S. The van der Waals surface area contributed by atoms with Crippen LogP contribution in [0.1, 0.15) is 18.4 Å². The quantitative estimate of drug-likeness (QED) is 0.382. The molecule has 2 aromatic carbocycles. The number of alkyl halides is 2. The van der Waals surface area contributed by atoms with E-state index in [1.807, 2.05) is 0 Å². The number of halogens is 2. The Morgan fingerprint density at radius 2 is 1.83 bits per heavy atom. The lowest BCUT2D eigenvalue weighted by molar-refractivity contribution is -0.384. The van der Waals surface area contributed by atoms with Crippen molar-refractivity contribution in [3.63, 3.8) is 0 Å². The number of anilines is 1. The number of nitro benzene ring substituents is 1. The zero-order valence-electron chi connectivity index (χ0n) is 15.6. The number of hydrogen-bond acceptors (Lipinski definition) is 7. The maximum absolute atomic E-state index is 12.6. The molecule has 2 aromatic rings. The molecule has 1 heterocycles.